The van der Waals surface area contributed by atoms with Gasteiger partial charge >= 0.3 is 0 Å². The monoisotopic (exact) mass is 617 g/mol. The Kier molecular flexibility index (Phi) is 31.7. The fourth-order valence-electron chi connectivity index (χ4n) is 7.23. The molecule has 0 aromatic rings. The molecule has 0 saturated heterocycles. The summed E-state index contributed by atoms with van der Waals surface area (Å²) >= 11 is 0. The third-order valence-electron chi connectivity index (χ3n) is 10.3. The minimum atomic E-state index is 0.637. The van der Waals surface area contributed by atoms with Crippen LogP contribution in [0.4, 0.5) is 0 Å². The largest absolute Gasteiger partial charge is 0.356 e. The number of unbranched alkanes of at least 4 members (excludes halogenated alkanes) is 30. The first-order valence-corrected chi connectivity index (χ1v) is 21.0. The van der Waals surface area contributed by atoms with Crippen LogP contribution in [0.15, 0.2) is 12.4 Å². The predicted octanol–water partition coefficient (Wildman–Crippen LogP) is 14.7. The highest BCUT2D eigenvalue weighted by Gasteiger charge is 2.24. The van der Waals surface area contributed by atoms with Crippen LogP contribution >= 0.6 is 0 Å². The van der Waals surface area contributed by atoms with Crippen molar-refractivity contribution in [2.75, 3.05) is 13.1 Å². The van der Waals surface area contributed by atoms with Gasteiger partial charge in [0.1, 0.15) is 6.17 Å². The topological polar surface area (TPSA) is 6.48 Å². The summed E-state index contributed by atoms with van der Waals surface area (Å²) in [4.78, 5) is 5.37. The Labute approximate surface area is 280 Å². The lowest BCUT2D eigenvalue weighted by molar-refractivity contribution is 0.136. The highest BCUT2D eigenvalue weighted by Crippen LogP contribution is 2.23. The number of hydrogen-bond donors (Lipinski definition) is 0. The Morgan fingerprint density at radius 1 is 0.295 bits per heavy atom. The zero-order chi connectivity index (χ0) is 31.6. The lowest BCUT2D eigenvalue weighted by atomic mass is 10.0. The third kappa shape index (κ3) is 25.5. The molecule has 0 fully saturated rings. The fraction of sp³-hybridized carbons (Fsp3) is 0.952. The number of hydrogen-bond acceptors (Lipinski definition) is 2. The second-order valence-electron chi connectivity index (χ2n) is 14.6. The summed E-state index contributed by atoms with van der Waals surface area (Å²) in [6.07, 6.45) is 54.5. The molecule has 1 unspecified atom stereocenters. The van der Waals surface area contributed by atoms with E-state index >= 15 is 0 Å². The van der Waals surface area contributed by atoms with Crippen LogP contribution in [0, 0.1) is 0 Å². The quantitative estimate of drug-likeness (QED) is 0.0646. The van der Waals surface area contributed by atoms with Crippen LogP contribution < -0.4 is 0 Å². The normalized spacial score (nSPS) is 14.8. The van der Waals surface area contributed by atoms with Gasteiger partial charge in [0.05, 0.1) is 0 Å². The Morgan fingerprint density at radius 3 is 0.773 bits per heavy atom. The molecule has 0 aromatic carbocycles. The molecule has 0 aliphatic carbocycles. The van der Waals surface area contributed by atoms with Crippen molar-refractivity contribution in [3.05, 3.63) is 12.4 Å². The molecule has 0 radical (unpaired) electrons. The van der Waals surface area contributed by atoms with Gasteiger partial charge in [-0.1, -0.05) is 213 Å². The number of rotatable bonds is 36. The molecule has 1 atom stereocenters. The van der Waals surface area contributed by atoms with Crippen LogP contribution in [0.2, 0.25) is 0 Å². The van der Waals surface area contributed by atoms with Crippen LogP contribution in [0.5, 0.6) is 0 Å². The smallest absolute Gasteiger partial charge is 0.101 e. The van der Waals surface area contributed by atoms with Crippen molar-refractivity contribution >= 4 is 0 Å². The van der Waals surface area contributed by atoms with E-state index in [0.717, 1.165) is 0 Å². The molecular formula is C42H84N2. The summed E-state index contributed by atoms with van der Waals surface area (Å²) in [5.41, 5.74) is 0. The third-order valence-corrected chi connectivity index (χ3v) is 10.3. The molecule has 1 aliphatic heterocycles. The van der Waals surface area contributed by atoms with E-state index in [-0.39, 0.29) is 0 Å². The van der Waals surface area contributed by atoms with Gasteiger partial charge in [-0.05, 0) is 25.7 Å². The van der Waals surface area contributed by atoms with E-state index in [1.165, 1.54) is 231 Å². The van der Waals surface area contributed by atoms with E-state index in [2.05, 4.69) is 43.0 Å². The van der Waals surface area contributed by atoms with Crippen molar-refractivity contribution in [3.63, 3.8) is 0 Å². The summed E-state index contributed by atoms with van der Waals surface area (Å²) in [5, 5.41) is 0. The maximum Gasteiger partial charge on any atom is 0.101 e. The molecule has 1 aliphatic rings. The van der Waals surface area contributed by atoms with Gasteiger partial charge in [-0.2, -0.15) is 0 Å². The van der Waals surface area contributed by atoms with Gasteiger partial charge in [0.2, 0.25) is 0 Å². The van der Waals surface area contributed by atoms with E-state index in [4.69, 9.17) is 0 Å². The fourth-order valence-corrected chi connectivity index (χ4v) is 7.23. The molecule has 0 saturated carbocycles. The minimum absolute atomic E-state index is 0.637. The highest BCUT2D eigenvalue weighted by molar-refractivity contribution is 4.96. The molecule has 2 nitrogen and oxygen atoms in total. The second-order valence-corrected chi connectivity index (χ2v) is 14.6. The van der Waals surface area contributed by atoms with Crippen molar-refractivity contribution in [1.82, 2.24) is 9.80 Å². The first-order valence-electron chi connectivity index (χ1n) is 21.0. The van der Waals surface area contributed by atoms with Crippen molar-refractivity contribution in [2.24, 2.45) is 0 Å². The molecule has 1 heterocycles. The van der Waals surface area contributed by atoms with Crippen LogP contribution in [-0.2, 0) is 0 Å². The lowest BCUT2D eigenvalue weighted by Gasteiger charge is -2.33. The molecule has 1 rings (SSSR count). The van der Waals surface area contributed by atoms with E-state index in [1.54, 1.807) is 0 Å². The summed E-state index contributed by atoms with van der Waals surface area (Å²) in [5.74, 6) is 0. The molecule has 0 spiro atoms. The Balaban J connectivity index is 1.96. The predicted molar refractivity (Wildman–Crippen MR) is 200 cm³/mol. The van der Waals surface area contributed by atoms with Crippen LogP contribution in [0.1, 0.15) is 239 Å². The zero-order valence-corrected chi connectivity index (χ0v) is 31.1. The van der Waals surface area contributed by atoms with Crippen LogP contribution in [-0.4, -0.2) is 29.1 Å². The summed E-state index contributed by atoms with van der Waals surface area (Å²) in [7, 11) is 0. The molecule has 0 amide bonds. The molecule has 0 N–H and O–H groups in total. The van der Waals surface area contributed by atoms with Crippen molar-refractivity contribution in [3.8, 4) is 0 Å². The van der Waals surface area contributed by atoms with Gasteiger partial charge in [-0.15, -0.1) is 0 Å². The van der Waals surface area contributed by atoms with Crippen molar-refractivity contribution in [1.29, 1.82) is 0 Å². The average Bonchev–Trinajstić information content (AvgIpc) is 3.42. The van der Waals surface area contributed by atoms with E-state index in [1.807, 2.05) is 0 Å². The minimum Gasteiger partial charge on any atom is -0.356 e. The Bertz CT molecular complexity index is 572. The summed E-state index contributed by atoms with van der Waals surface area (Å²) in [6, 6.07) is 0. The lowest BCUT2D eigenvalue weighted by Crippen LogP contribution is -2.39. The highest BCUT2D eigenvalue weighted by atomic mass is 15.4. The first-order chi connectivity index (χ1) is 21.8. The van der Waals surface area contributed by atoms with Gasteiger partial charge in [0, 0.05) is 25.5 Å². The Morgan fingerprint density at radius 2 is 0.523 bits per heavy atom. The molecule has 44 heavy (non-hydrogen) atoms. The molecule has 0 aromatic heterocycles. The molecule has 2 heteroatoms. The summed E-state index contributed by atoms with van der Waals surface area (Å²) in [6.45, 7) is 9.49. The van der Waals surface area contributed by atoms with Gasteiger partial charge in [-0.3, -0.25) is 0 Å². The second kappa shape index (κ2) is 33.7. The number of nitrogens with zero attached hydrogens (tertiary/aromatic N) is 2. The maximum atomic E-state index is 2.69. The summed E-state index contributed by atoms with van der Waals surface area (Å²) < 4.78 is 0. The first kappa shape index (κ1) is 41.4. The van der Waals surface area contributed by atoms with Crippen molar-refractivity contribution in [2.45, 2.75) is 245 Å². The Hall–Kier alpha value is -0.660. The van der Waals surface area contributed by atoms with E-state index in [9.17, 15) is 0 Å². The average molecular weight is 617 g/mol. The SMILES string of the molecule is CCCCCCCCCCCCCCCCCCCN1C=CN(CCCCCCCCCCCCCCCC)C1CCCC. The van der Waals surface area contributed by atoms with E-state index < -0.39 is 0 Å². The van der Waals surface area contributed by atoms with Gasteiger partial charge < -0.3 is 9.80 Å². The molecule has 0 bridgehead atoms. The zero-order valence-electron chi connectivity index (χ0n) is 31.1. The van der Waals surface area contributed by atoms with Gasteiger partial charge in [0.15, 0.2) is 0 Å². The maximum absolute atomic E-state index is 2.69. The van der Waals surface area contributed by atoms with E-state index in [0.29, 0.717) is 6.17 Å². The van der Waals surface area contributed by atoms with Crippen molar-refractivity contribution < 1.29 is 0 Å². The van der Waals surface area contributed by atoms with Gasteiger partial charge in [-0.25, -0.2) is 0 Å². The standard InChI is InChI=1S/C42H84N2/c1-4-7-10-12-14-16-18-20-22-23-24-26-28-30-32-34-36-39-44-41-40-43(42(44)37-9-6-3)38-35-33-31-29-27-25-21-19-17-15-13-11-8-5-2/h40-42H,4-39H2,1-3H3. The van der Waals surface area contributed by atoms with Crippen LogP contribution in [0.3, 0.4) is 0 Å². The molecule has 262 valence electrons. The van der Waals surface area contributed by atoms with Gasteiger partial charge in [0.25, 0.3) is 0 Å². The molecular weight excluding hydrogens is 532 g/mol. The van der Waals surface area contributed by atoms with Crippen LogP contribution in [0.25, 0.3) is 0 Å².